The Bertz CT molecular complexity index is 329. The molecule has 3 N–H and O–H groups in total. The van der Waals surface area contributed by atoms with E-state index in [0.717, 1.165) is 24.8 Å². The molecule has 0 saturated carbocycles. The smallest absolute Gasteiger partial charge is 0.119 e. The van der Waals surface area contributed by atoms with Crippen LogP contribution in [0.2, 0.25) is 0 Å². The van der Waals surface area contributed by atoms with Crippen LogP contribution >= 0.6 is 0 Å². The SMILES string of the molecule is CCCCCCC[C@@H](O)Cc1cc(O)cc(O)c1. The summed E-state index contributed by atoms with van der Waals surface area (Å²) < 4.78 is 0. The molecule has 0 heterocycles. The summed E-state index contributed by atoms with van der Waals surface area (Å²) in [6.45, 7) is 2.18. The van der Waals surface area contributed by atoms with Crippen LogP contribution in [-0.4, -0.2) is 21.4 Å². The Morgan fingerprint density at radius 2 is 1.56 bits per heavy atom. The summed E-state index contributed by atoms with van der Waals surface area (Å²) >= 11 is 0. The largest absolute Gasteiger partial charge is 0.508 e. The first kappa shape index (κ1) is 14.8. The van der Waals surface area contributed by atoms with Crippen molar-refractivity contribution in [3.8, 4) is 11.5 Å². The highest BCUT2D eigenvalue weighted by Crippen LogP contribution is 2.22. The maximum Gasteiger partial charge on any atom is 0.119 e. The Hall–Kier alpha value is -1.22. The average molecular weight is 252 g/mol. The van der Waals surface area contributed by atoms with Crippen LogP contribution in [0.25, 0.3) is 0 Å². The first-order chi connectivity index (χ1) is 8.61. The predicted octanol–water partition coefficient (Wildman–Crippen LogP) is 3.36. The van der Waals surface area contributed by atoms with Crippen LogP contribution in [0, 0.1) is 0 Å². The minimum Gasteiger partial charge on any atom is -0.508 e. The first-order valence-electron chi connectivity index (χ1n) is 6.81. The number of aliphatic hydroxyl groups excluding tert-OH is 1. The van der Waals surface area contributed by atoms with Crippen molar-refractivity contribution in [1.82, 2.24) is 0 Å². The van der Waals surface area contributed by atoms with Crippen molar-refractivity contribution in [1.29, 1.82) is 0 Å². The van der Waals surface area contributed by atoms with Gasteiger partial charge < -0.3 is 15.3 Å². The van der Waals surface area contributed by atoms with E-state index in [4.69, 9.17) is 0 Å². The molecule has 3 heteroatoms. The fourth-order valence-corrected chi connectivity index (χ4v) is 2.13. The summed E-state index contributed by atoms with van der Waals surface area (Å²) in [6.07, 6.45) is 6.78. The Balaban J connectivity index is 2.28. The van der Waals surface area contributed by atoms with E-state index < -0.39 is 6.10 Å². The number of aliphatic hydroxyl groups is 1. The predicted molar refractivity (Wildman–Crippen MR) is 72.9 cm³/mol. The Morgan fingerprint density at radius 3 is 2.17 bits per heavy atom. The fourth-order valence-electron chi connectivity index (χ4n) is 2.13. The summed E-state index contributed by atoms with van der Waals surface area (Å²) in [5, 5.41) is 28.6. The number of unbranched alkanes of at least 4 members (excludes halogenated alkanes) is 4. The summed E-state index contributed by atoms with van der Waals surface area (Å²) in [5.74, 6) is 0.0836. The van der Waals surface area contributed by atoms with Gasteiger partial charge in [-0.2, -0.15) is 0 Å². The molecule has 102 valence electrons. The Kier molecular flexibility index (Phi) is 6.58. The molecule has 0 aliphatic rings. The second-order valence-corrected chi connectivity index (χ2v) is 4.92. The van der Waals surface area contributed by atoms with E-state index in [1.807, 2.05) is 0 Å². The number of hydrogen-bond acceptors (Lipinski definition) is 3. The second-order valence-electron chi connectivity index (χ2n) is 4.92. The molecule has 1 aromatic rings. The van der Waals surface area contributed by atoms with E-state index in [2.05, 4.69) is 6.92 Å². The lowest BCUT2D eigenvalue weighted by molar-refractivity contribution is 0.161. The lowest BCUT2D eigenvalue weighted by atomic mass is 10.0. The van der Waals surface area contributed by atoms with E-state index in [1.165, 1.54) is 25.3 Å². The molecule has 3 nitrogen and oxygen atoms in total. The summed E-state index contributed by atoms with van der Waals surface area (Å²) in [5.41, 5.74) is 0.772. The van der Waals surface area contributed by atoms with Gasteiger partial charge in [-0.3, -0.25) is 0 Å². The maximum absolute atomic E-state index is 9.88. The van der Waals surface area contributed by atoms with Crippen molar-refractivity contribution in [2.75, 3.05) is 0 Å². The highest BCUT2D eigenvalue weighted by Gasteiger charge is 2.07. The third-order valence-electron chi connectivity index (χ3n) is 3.07. The molecule has 18 heavy (non-hydrogen) atoms. The lowest BCUT2D eigenvalue weighted by Gasteiger charge is -2.11. The van der Waals surface area contributed by atoms with Gasteiger partial charge in [-0.1, -0.05) is 39.0 Å². The van der Waals surface area contributed by atoms with Gasteiger partial charge in [0.2, 0.25) is 0 Å². The van der Waals surface area contributed by atoms with Gasteiger partial charge in [0, 0.05) is 6.07 Å². The number of hydrogen-bond donors (Lipinski definition) is 3. The monoisotopic (exact) mass is 252 g/mol. The number of benzene rings is 1. The maximum atomic E-state index is 9.88. The minimum absolute atomic E-state index is 0.0418. The summed E-state index contributed by atoms with van der Waals surface area (Å²) in [4.78, 5) is 0. The standard InChI is InChI=1S/C15H24O3/c1-2-3-4-5-6-7-13(16)8-12-9-14(17)11-15(18)10-12/h9-11,13,16-18H,2-8H2,1H3/t13-/m1/s1. The van der Waals surface area contributed by atoms with Gasteiger partial charge >= 0.3 is 0 Å². The number of aromatic hydroxyl groups is 2. The van der Waals surface area contributed by atoms with Gasteiger partial charge in [-0.25, -0.2) is 0 Å². The van der Waals surface area contributed by atoms with Crippen molar-refractivity contribution in [2.45, 2.75) is 58.0 Å². The van der Waals surface area contributed by atoms with Crippen LogP contribution in [0.5, 0.6) is 11.5 Å². The zero-order valence-electron chi connectivity index (χ0n) is 11.1. The van der Waals surface area contributed by atoms with Crippen molar-refractivity contribution in [3.05, 3.63) is 23.8 Å². The molecule has 0 spiro atoms. The van der Waals surface area contributed by atoms with Gasteiger partial charge in [0.15, 0.2) is 0 Å². The third-order valence-corrected chi connectivity index (χ3v) is 3.07. The van der Waals surface area contributed by atoms with Gasteiger partial charge in [-0.05, 0) is 30.5 Å². The molecule has 0 amide bonds. The molecule has 0 radical (unpaired) electrons. The molecule has 0 aliphatic carbocycles. The van der Waals surface area contributed by atoms with E-state index in [9.17, 15) is 15.3 Å². The molecule has 0 bridgehead atoms. The van der Waals surface area contributed by atoms with E-state index in [0.29, 0.717) is 6.42 Å². The Morgan fingerprint density at radius 1 is 0.944 bits per heavy atom. The number of phenolic OH excluding ortho intramolecular Hbond substituents is 2. The van der Waals surface area contributed by atoms with E-state index in [-0.39, 0.29) is 11.5 Å². The topological polar surface area (TPSA) is 60.7 Å². The molecule has 1 aromatic carbocycles. The zero-order chi connectivity index (χ0) is 13.4. The molecule has 1 atom stereocenters. The van der Waals surface area contributed by atoms with Gasteiger partial charge in [-0.15, -0.1) is 0 Å². The van der Waals surface area contributed by atoms with Crippen LogP contribution in [0.15, 0.2) is 18.2 Å². The van der Waals surface area contributed by atoms with Crippen LogP contribution < -0.4 is 0 Å². The zero-order valence-corrected chi connectivity index (χ0v) is 11.1. The highest BCUT2D eigenvalue weighted by atomic mass is 16.3. The quantitative estimate of drug-likeness (QED) is 0.622. The van der Waals surface area contributed by atoms with Gasteiger partial charge in [0.25, 0.3) is 0 Å². The Labute approximate surface area is 109 Å². The number of phenols is 2. The molecule has 1 rings (SSSR count). The van der Waals surface area contributed by atoms with E-state index in [1.54, 1.807) is 12.1 Å². The molecule has 0 unspecified atom stereocenters. The normalized spacial score (nSPS) is 12.6. The van der Waals surface area contributed by atoms with Crippen molar-refractivity contribution in [2.24, 2.45) is 0 Å². The third kappa shape index (κ3) is 5.92. The van der Waals surface area contributed by atoms with Crippen molar-refractivity contribution < 1.29 is 15.3 Å². The molecule has 0 aliphatic heterocycles. The number of rotatable bonds is 8. The summed E-state index contributed by atoms with van der Waals surface area (Å²) in [6, 6.07) is 4.46. The minimum atomic E-state index is -0.396. The van der Waals surface area contributed by atoms with Gasteiger partial charge in [0.1, 0.15) is 11.5 Å². The van der Waals surface area contributed by atoms with Crippen LogP contribution in [0.4, 0.5) is 0 Å². The molecular weight excluding hydrogens is 228 g/mol. The van der Waals surface area contributed by atoms with Crippen LogP contribution in [0.3, 0.4) is 0 Å². The molecule has 0 saturated heterocycles. The average Bonchev–Trinajstić information content (AvgIpc) is 2.27. The lowest BCUT2D eigenvalue weighted by Crippen LogP contribution is -2.10. The summed E-state index contributed by atoms with van der Waals surface area (Å²) in [7, 11) is 0. The van der Waals surface area contributed by atoms with Gasteiger partial charge in [0.05, 0.1) is 6.10 Å². The van der Waals surface area contributed by atoms with E-state index >= 15 is 0 Å². The second kappa shape index (κ2) is 7.98. The highest BCUT2D eigenvalue weighted by molar-refractivity contribution is 5.36. The van der Waals surface area contributed by atoms with Crippen molar-refractivity contribution in [3.63, 3.8) is 0 Å². The molecule has 0 aromatic heterocycles. The van der Waals surface area contributed by atoms with Crippen LogP contribution in [0.1, 0.15) is 51.0 Å². The van der Waals surface area contributed by atoms with Crippen LogP contribution in [-0.2, 0) is 6.42 Å². The van der Waals surface area contributed by atoms with Crippen molar-refractivity contribution >= 4 is 0 Å². The first-order valence-corrected chi connectivity index (χ1v) is 6.81. The molecular formula is C15H24O3. The fraction of sp³-hybridized carbons (Fsp3) is 0.600. The molecule has 0 fully saturated rings.